The van der Waals surface area contributed by atoms with Gasteiger partial charge in [-0.1, -0.05) is 26.7 Å². The molecular formula is C15H24N2O. The zero-order chi connectivity index (χ0) is 13.0. The summed E-state index contributed by atoms with van der Waals surface area (Å²) in [6.07, 6.45) is 5.70. The number of nitrogens with zero attached hydrogens (tertiary/aromatic N) is 1. The van der Waals surface area contributed by atoms with E-state index in [1.165, 1.54) is 19.3 Å². The van der Waals surface area contributed by atoms with Crippen LogP contribution in [0.1, 0.15) is 40.0 Å². The summed E-state index contributed by atoms with van der Waals surface area (Å²) >= 11 is 0. The Hall–Kier alpha value is -1.25. The van der Waals surface area contributed by atoms with Crippen LogP contribution in [0.25, 0.3) is 0 Å². The number of rotatable bonds is 4. The maximum atomic E-state index is 5.62. The minimum absolute atomic E-state index is 0.517. The fourth-order valence-electron chi connectivity index (χ4n) is 2.73. The molecule has 0 saturated heterocycles. The van der Waals surface area contributed by atoms with Crippen molar-refractivity contribution in [2.24, 2.45) is 11.8 Å². The highest BCUT2D eigenvalue weighted by molar-refractivity contribution is 5.50. The van der Waals surface area contributed by atoms with E-state index in [-0.39, 0.29) is 0 Å². The van der Waals surface area contributed by atoms with Crippen LogP contribution in [0.5, 0.6) is 5.75 Å². The lowest BCUT2D eigenvalue weighted by Gasteiger charge is -2.35. The average Bonchev–Trinajstić information content (AvgIpc) is 2.37. The van der Waals surface area contributed by atoms with Gasteiger partial charge in [0, 0.05) is 12.2 Å². The van der Waals surface area contributed by atoms with Crippen LogP contribution in [0.4, 0.5) is 5.82 Å². The first kappa shape index (κ1) is 13.2. The van der Waals surface area contributed by atoms with Crippen molar-refractivity contribution in [2.75, 3.05) is 11.9 Å². The van der Waals surface area contributed by atoms with Crippen LogP contribution in [-0.4, -0.2) is 17.6 Å². The van der Waals surface area contributed by atoms with Crippen molar-refractivity contribution in [1.29, 1.82) is 0 Å². The molecule has 1 N–H and O–H groups in total. The highest BCUT2D eigenvalue weighted by Gasteiger charge is 2.27. The first-order chi connectivity index (χ1) is 8.72. The maximum absolute atomic E-state index is 5.62. The summed E-state index contributed by atoms with van der Waals surface area (Å²) in [6, 6.07) is 4.42. The van der Waals surface area contributed by atoms with E-state index in [0.717, 1.165) is 17.5 Å². The van der Waals surface area contributed by atoms with Crippen molar-refractivity contribution in [3.63, 3.8) is 0 Å². The van der Waals surface area contributed by atoms with E-state index in [9.17, 15) is 0 Å². The summed E-state index contributed by atoms with van der Waals surface area (Å²) in [7, 11) is 0. The van der Waals surface area contributed by atoms with Gasteiger partial charge in [-0.05, 0) is 37.3 Å². The average molecular weight is 248 g/mol. The smallest absolute Gasteiger partial charge is 0.168 e. The number of nitrogens with one attached hydrogen (secondary N) is 1. The number of ether oxygens (including phenoxy) is 1. The Labute approximate surface area is 110 Å². The van der Waals surface area contributed by atoms with E-state index < -0.39 is 0 Å². The first-order valence-corrected chi connectivity index (χ1v) is 7.06. The van der Waals surface area contributed by atoms with Crippen molar-refractivity contribution in [1.82, 2.24) is 4.98 Å². The minimum atomic E-state index is 0.517. The Morgan fingerprint density at radius 3 is 3.00 bits per heavy atom. The largest absolute Gasteiger partial charge is 0.490 e. The Bertz CT molecular complexity index is 381. The molecule has 3 heteroatoms. The van der Waals surface area contributed by atoms with Crippen LogP contribution in [-0.2, 0) is 0 Å². The third-order valence-corrected chi connectivity index (χ3v) is 4.10. The van der Waals surface area contributed by atoms with E-state index >= 15 is 0 Å². The first-order valence-electron chi connectivity index (χ1n) is 7.06. The summed E-state index contributed by atoms with van der Waals surface area (Å²) in [5, 5.41) is 3.58. The van der Waals surface area contributed by atoms with Crippen molar-refractivity contribution >= 4 is 5.82 Å². The van der Waals surface area contributed by atoms with Gasteiger partial charge < -0.3 is 10.1 Å². The lowest BCUT2D eigenvalue weighted by molar-refractivity contribution is 0.252. The predicted octanol–water partition coefficient (Wildman–Crippen LogP) is 3.72. The molecule has 1 aliphatic rings. The second kappa shape index (κ2) is 6.07. The third-order valence-electron chi connectivity index (χ3n) is 4.10. The fourth-order valence-corrected chi connectivity index (χ4v) is 2.73. The van der Waals surface area contributed by atoms with Gasteiger partial charge in [0.05, 0.1) is 6.61 Å². The number of hydrogen-bond donors (Lipinski definition) is 1. The second-order valence-electron chi connectivity index (χ2n) is 5.30. The van der Waals surface area contributed by atoms with Crippen LogP contribution in [0, 0.1) is 11.8 Å². The molecule has 18 heavy (non-hydrogen) atoms. The molecule has 0 aromatic carbocycles. The minimum Gasteiger partial charge on any atom is -0.490 e. The Morgan fingerprint density at radius 2 is 2.22 bits per heavy atom. The summed E-state index contributed by atoms with van der Waals surface area (Å²) < 4.78 is 5.62. The lowest BCUT2D eigenvalue weighted by Crippen LogP contribution is -2.35. The molecule has 0 radical (unpaired) electrons. The summed E-state index contributed by atoms with van der Waals surface area (Å²) in [6.45, 7) is 7.37. The number of aromatic nitrogens is 1. The normalized spacial score (nSPS) is 27.8. The Kier molecular flexibility index (Phi) is 4.45. The fraction of sp³-hybridized carbons (Fsp3) is 0.667. The Morgan fingerprint density at radius 1 is 1.39 bits per heavy atom. The molecule has 1 aromatic rings. The van der Waals surface area contributed by atoms with Crippen molar-refractivity contribution in [3.8, 4) is 5.75 Å². The molecule has 1 heterocycles. The molecule has 1 aromatic heterocycles. The maximum Gasteiger partial charge on any atom is 0.168 e. The number of hydrogen-bond acceptors (Lipinski definition) is 3. The van der Waals surface area contributed by atoms with E-state index in [4.69, 9.17) is 4.74 Å². The SMILES string of the molecule is CCOc1cccnc1NC1CCCC(C)C1C. The zero-order valence-electron chi connectivity index (χ0n) is 11.6. The van der Waals surface area contributed by atoms with Crippen LogP contribution >= 0.6 is 0 Å². The van der Waals surface area contributed by atoms with Gasteiger partial charge >= 0.3 is 0 Å². The van der Waals surface area contributed by atoms with Crippen molar-refractivity contribution in [2.45, 2.75) is 46.1 Å². The summed E-state index contributed by atoms with van der Waals surface area (Å²) in [5.41, 5.74) is 0. The lowest BCUT2D eigenvalue weighted by atomic mass is 9.78. The van der Waals surface area contributed by atoms with Crippen molar-refractivity contribution < 1.29 is 4.74 Å². The number of anilines is 1. The highest BCUT2D eigenvalue weighted by Crippen LogP contribution is 2.33. The topological polar surface area (TPSA) is 34.1 Å². The van der Waals surface area contributed by atoms with Crippen LogP contribution in [0.2, 0.25) is 0 Å². The van der Waals surface area contributed by atoms with Crippen molar-refractivity contribution in [3.05, 3.63) is 18.3 Å². The molecule has 0 aliphatic heterocycles. The van der Waals surface area contributed by atoms with Gasteiger partial charge in [-0.25, -0.2) is 4.98 Å². The van der Waals surface area contributed by atoms with Gasteiger partial charge in [0.15, 0.2) is 11.6 Å². The molecular weight excluding hydrogens is 224 g/mol. The monoisotopic (exact) mass is 248 g/mol. The molecule has 0 spiro atoms. The van der Waals surface area contributed by atoms with E-state index in [2.05, 4.69) is 24.1 Å². The van der Waals surface area contributed by atoms with Gasteiger partial charge in [0.1, 0.15) is 0 Å². The standard InChI is InChI=1S/C15H24N2O/c1-4-18-14-9-6-10-16-15(14)17-13-8-5-7-11(2)12(13)3/h6,9-13H,4-5,7-8H2,1-3H3,(H,16,17). The predicted molar refractivity (Wildman–Crippen MR) is 75.0 cm³/mol. The highest BCUT2D eigenvalue weighted by atomic mass is 16.5. The second-order valence-corrected chi connectivity index (χ2v) is 5.30. The summed E-state index contributed by atoms with van der Waals surface area (Å²) in [5.74, 6) is 3.24. The molecule has 3 nitrogen and oxygen atoms in total. The van der Waals surface area contributed by atoms with Gasteiger partial charge in [-0.3, -0.25) is 0 Å². The van der Waals surface area contributed by atoms with Crippen LogP contribution in [0.15, 0.2) is 18.3 Å². The quantitative estimate of drug-likeness (QED) is 0.882. The van der Waals surface area contributed by atoms with Gasteiger partial charge in [-0.15, -0.1) is 0 Å². The third kappa shape index (κ3) is 2.95. The van der Waals surface area contributed by atoms with E-state index in [1.54, 1.807) is 0 Å². The van der Waals surface area contributed by atoms with Gasteiger partial charge in [-0.2, -0.15) is 0 Å². The van der Waals surface area contributed by atoms with Gasteiger partial charge in [0.2, 0.25) is 0 Å². The summed E-state index contributed by atoms with van der Waals surface area (Å²) in [4.78, 5) is 4.41. The molecule has 3 unspecified atom stereocenters. The molecule has 0 bridgehead atoms. The van der Waals surface area contributed by atoms with E-state index in [0.29, 0.717) is 18.6 Å². The Balaban J connectivity index is 2.08. The van der Waals surface area contributed by atoms with Crippen LogP contribution < -0.4 is 10.1 Å². The molecule has 1 aliphatic carbocycles. The molecule has 3 atom stereocenters. The number of pyridine rings is 1. The molecule has 1 fully saturated rings. The van der Waals surface area contributed by atoms with Crippen LogP contribution in [0.3, 0.4) is 0 Å². The van der Waals surface area contributed by atoms with Gasteiger partial charge in [0.25, 0.3) is 0 Å². The zero-order valence-corrected chi connectivity index (χ0v) is 11.6. The molecule has 100 valence electrons. The van der Waals surface area contributed by atoms with E-state index in [1.807, 2.05) is 25.3 Å². The molecule has 0 amide bonds. The molecule has 2 rings (SSSR count). The molecule has 1 saturated carbocycles.